The van der Waals surface area contributed by atoms with Crippen molar-refractivity contribution in [1.82, 2.24) is 41.1 Å². The van der Waals surface area contributed by atoms with E-state index >= 15 is 0 Å². The fraction of sp³-hybridized carbons (Fsp3) is 0.364. The molecule has 4 atom stereocenters. The van der Waals surface area contributed by atoms with Crippen molar-refractivity contribution in [1.29, 1.82) is 0 Å². The zero-order valence-corrected chi connectivity index (χ0v) is 27.3. The summed E-state index contributed by atoms with van der Waals surface area (Å²) in [7, 11) is 0. The van der Waals surface area contributed by atoms with Crippen molar-refractivity contribution in [2.45, 2.75) is 77.2 Å². The van der Waals surface area contributed by atoms with Gasteiger partial charge in [-0.1, -0.05) is 54.6 Å². The lowest BCUT2D eigenvalue weighted by atomic mass is 9.99. The van der Waals surface area contributed by atoms with Crippen LogP contribution in [0, 0.1) is 0 Å². The van der Waals surface area contributed by atoms with E-state index < -0.39 is 65.8 Å². The molecule has 0 aliphatic rings. The number of para-hydroxylation sites is 1. The van der Waals surface area contributed by atoms with Gasteiger partial charge < -0.3 is 26.4 Å². The number of carbonyl (C=O) groups excluding carboxylic acids is 5. The predicted molar refractivity (Wildman–Crippen MR) is 174 cm³/mol. The number of nitrogens with one attached hydrogen (secondary N) is 3. The molecular weight excluding hydrogens is 618 g/mol. The number of nitrogens with zero attached hydrogens (tertiary/aromatic N) is 5. The smallest absolute Gasteiger partial charge is 0.303 e. The first-order valence-electron chi connectivity index (χ1n) is 15.3. The van der Waals surface area contributed by atoms with Crippen LogP contribution in [0.2, 0.25) is 0 Å². The Balaban J connectivity index is 1.68. The summed E-state index contributed by atoms with van der Waals surface area (Å²) in [6.07, 6.45) is -1.74. The van der Waals surface area contributed by atoms with Gasteiger partial charge in [-0.05, 0) is 62.2 Å². The van der Waals surface area contributed by atoms with Crippen molar-refractivity contribution in [3.8, 4) is 0 Å². The lowest BCUT2D eigenvalue weighted by Crippen LogP contribution is -2.53. The van der Waals surface area contributed by atoms with E-state index in [4.69, 9.17) is 10.5 Å². The molecule has 0 saturated heterocycles. The molecule has 2 aromatic heterocycles. The van der Waals surface area contributed by atoms with E-state index in [0.29, 0.717) is 5.52 Å². The second-order valence-corrected chi connectivity index (χ2v) is 12.3. The van der Waals surface area contributed by atoms with Gasteiger partial charge in [0.15, 0.2) is 11.9 Å². The molecule has 15 nitrogen and oxygen atoms in total. The first-order chi connectivity index (χ1) is 22.7. The van der Waals surface area contributed by atoms with Crippen LogP contribution in [0.4, 0.5) is 0 Å². The van der Waals surface area contributed by atoms with E-state index in [1.54, 1.807) is 49.4 Å². The van der Waals surface area contributed by atoms with Crippen molar-refractivity contribution >= 4 is 40.5 Å². The summed E-state index contributed by atoms with van der Waals surface area (Å²) in [6.45, 7) is 8.23. The van der Waals surface area contributed by atoms with Gasteiger partial charge in [0, 0.05) is 17.8 Å². The van der Waals surface area contributed by atoms with Gasteiger partial charge >= 0.3 is 5.97 Å². The molecule has 252 valence electrons. The Kier molecular flexibility index (Phi) is 11.2. The van der Waals surface area contributed by atoms with Crippen LogP contribution in [0.1, 0.15) is 75.1 Å². The minimum Gasteiger partial charge on any atom is -0.452 e. The van der Waals surface area contributed by atoms with Gasteiger partial charge in [-0.3, -0.25) is 24.0 Å². The van der Waals surface area contributed by atoms with Gasteiger partial charge in [-0.15, -0.1) is 5.10 Å². The van der Waals surface area contributed by atoms with Crippen LogP contribution >= 0.6 is 0 Å². The maximum Gasteiger partial charge on any atom is 0.303 e. The van der Waals surface area contributed by atoms with E-state index in [1.807, 2.05) is 39.0 Å². The monoisotopic (exact) mass is 657 g/mol. The molecule has 48 heavy (non-hydrogen) atoms. The number of pyridine rings is 1. The number of carbonyl (C=O) groups is 5. The van der Waals surface area contributed by atoms with Gasteiger partial charge in [-0.2, -0.15) is 0 Å². The number of esters is 1. The molecule has 4 rings (SSSR count). The van der Waals surface area contributed by atoms with E-state index in [9.17, 15) is 24.0 Å². The average molecular weight is 658 g/mol. The second-order valence-electron chi connectivity index (χ2n) is 12.3. The predicted octanol–water partition coefficient (Wildman–Crippen LogP) is 1.70. The van der Waals surface area contributed by atoms with Crippen LogP contribution < -0.4 is 21.7 Å². The van der Waals surface area contributed by atoms with Crippen molar-refractivity contribution in [3.05, 3.63) is 83.8 Å². The van der Waals surface area contributed by atoms with E-state index in [1.165, 1.54) is 17.7 Å². The van der Waals surface area contributed by atoms with Crippen molar-refractivity contribution in [2.75, 3.05) is 0 Å². The molecule has 0 radical (unpaired) electrons. The topological polar surface area (TPSA) is 213 Å². The quantitative estimate of drug-likeness (QED) is 0.153. The lowest BCUT2D eigenvalue weighted by molar-refractivity contribution is -0.150. The first kappa shape index (κ1) is 35.1. The SMILES string of the molecule is CC(=O)O[C@@H](c1nnnn1[C@H](C)C(=O)NC(C)(C)C)[C@H](Cc1ccccc1)NC(=O)[C@H](CC(N)=O)NC(=O)c1ccc2ccccc2n1. The molecule has 0 saturated carbocycles. The van der Waals surface area contributed by atoms with Crippen LogP contribution in [0.5, 0.6) is 0 Å². The fourth-order valence-electron chi connectivity index (χ4n) is 4.96. The van der Waals surface area contributed by atoms with E-state index in [2.05, 4.69) is 36.5 Å². The van der Waals surface area contributed by atoms with Crippen LogP contribution in [0.3, 0.4) is 0 Å². The van der Waals surface area contributed by atoms with Crippen LogP contribution in [-0.4, -0.2) is 72.4 Å². The van der Waals surface area contributed by atoms with Gasteiger partial charge in [-0.25, -0.2) is 9.67 Å². The summed E-state index contributed by atoms with van der Waals surface area (Å²) in [4.78, 5) is 69.1. The van der Waals surface area contributed by atoms with Crippen LogP contribution in [0.15, 0.2) is 66.7 Å². The van der Waals surface area contributed by atoms with E-state index in [-0.39, 0.29) is 17.9 Å². The molecule has 0 spiro atoms. The molecule has 0 bridgehead atoms. The largest absolute Gasteiger partial charge is 0.452 e. The highest BCUT2D eigenvalue weighted by Gasteiger charge is 2.37. The lowest BCUT2D eigenvalue weighted by Gasteiger charge is -2.30. The van der Waals surface area contributed by atoms with E-state index in [0.717, 1.165) is 10.9 Å². The Labute approximate surface area is 277 Å². The number of hydrogen-bond donors (Lipinski definition) is 4. The minimum absolute atomic E-state index is 0.0150. The highest BCUT2D eigenvalue weighted by atomic mass is 16.5. The highest BCUT2D eigenvalue weighted by molar-refractivity contribution is 5.99. The van der Waals surface area contributed by atoms with Crippen LogP contribution in [-0.2, 0) is 30.3 Å². The molecule has 0 fully saturated rings. The third-order valence-electron chi connectivity index (χ3n) is 7.16. The third kappa shape index (κ3) is 9.40. The Morgan fingerprint density at radius 2 is 1.60 bits per heavy atom. The fourth-order valence-corrected chi connectivity index (χ4v) is 4.96. The number of nitrogens with two attached hydrogens (primary N) is 1. The molecule has 0 aliphatic heterocycles. The zero-order valence-electron chi connectivity index (χ0n) is 27.3. The molecule has 2 aromatic carbocycles. The van der Waals surface area contributed by atoms with Crippen molar-refractivity contribution in [2.24, 2.45) is 5.73 Å². The molecule has 0 aliphatic carbocycles. The zero-order chi connectivity index (χ0) is 35.0. The summed E-state index contributed by atoms with van der Waals surface area (Å²) >= 11 is 0. The Morgan fingerprint density at radius 3 is 2.27 bits per heavy atom. The Hall–Kier alpha value is -5.73. The highest BCUT2D eigenvalue weighted by Crippen LogP contribution is 2.25. The number of benzene rings is 2. The molecule has 15 heteroatoms. The number of primary amides is 1. The maximum atomic E-state index is 13.9. The molecule has 4 aromatic rings. The number of rotatable bonds is 13. The number of amides is 4. The number of fused-ring (bicyclic) bond motifs is 1. The molecular formula is C33H39N9O6. The van der Waals surface area contributed by atoms with Crippen molar-refractivity contribution in [3.63, 3.8) is 0 Å². The summed E-state index contributed by atoms with van der Waals surface area (Å²) in [6, 6.07) is 16.0. The van der Waals surface area contributed by atoms with Crippen molar-refractivity contribution < 1.29 is 28.7 Å². The minimum atomic E-state index is -1.42. The molecule has 4 amide bonds. The second kappa shape index (κ2) is 15.2. The summed E-state index contributed by atoms with van der Waals surface area (Å²) in [5.41, 5.74) is 6.26. The molecule has 2 heterocycles. The Morgan fingerprint density at radius 1 is 0.917 bits per heavy atom. The van der Waals surface area contributed by atoms with Gasteiger partial charge in [0.25, 0.3) is 5.91 Å². The number of hydrogen-bond acceptors (Lipinski definition) is 10. The van der Waals surface area contributed by atoms with Gasteiger partial charge in [0.05, 0.1) is 18.0 Å². The molecule has 5 N–H and O–H groups in total. The summed E-state index contributed by atoms with van der Waals surface area (Å²) in [5.74, 6) is -3.47. The summed E-state index contributed by atoms with van der Waals surface area (Å²) < 4.78 is 6.93. The first-order valence-corrected chi connectivity index (χ1v) is 15.3. The van der Waals surface area contributed by atoms with Gasteiger partial charge in [0.1, 0.15) is 17.8 Å². The standard InChI is InChI=1S/C33H39N9O6/c1-19(30(45)38-33(3,4)5)42-29(39-40-41-42)28(48-20(2)43)25(17-21-11-7-6-8-12-21)36-32(47)26(18-27(34)44)37-31(46)24-16-15-22-13-9-10-14-23(22)35-24/h6-16,19,25-26,28H,17-18H2,1-5H3,(H2,34,44)(H,36,47)(H,37,46)(H,38,45)/t19-,25+,26+,28-/m1/s1. The average Bonchev–Trinajstić information content (AvgIpc) is 3.51. The van der Waals surface area contributed by atoms with Gasteiger partial charge in [0.2, 0.25) is 17.7 Å². The third-order valence-corrected chi connectivity index (χ3v) is 7.16. The number of tetrazole rings is 1. The normalized spacial score (nSPS) is 13.9. The number of ether oxygens (including phenoxy) is 1. The number of aromatic nitrogens is 5. The maximum absolute atomic E-state index is 13.9. The summed E-state index contributed by atoms with van der Waals surface area (Å²) in [5, 5.41) is 20.9. The van der Waals surface area contributed by atoms with Crippen LogP contribution in [0.25, 0.3) is 10.9 Å². The molecule has 0 unspecified atom stereocenters. The Bertz CT molecular complexity index is 1790.